The molecule has 0 spiro atoms. The van der Waals surface area contributed by atoms with Gasteiger partial charge in [-0.15, -0.1) is 0 Å². The van der Waals surface area contributed by atoms with Gasteiger partial charge in [-0.3, -0.25) is 0 Å². The van der Waals surface area contributed by atoms with E-state index in [2.05, 4.69) is 10.6 Å². The van der Waals surface area contributed by atoms with Gasteiger partial charge in [0.05, 0.1) is 0 Å². The average molecular weight is 304 g/mol. The van der Waals surface area contributed by atoms with Gasteiger partial charge in [-0.1, -0.05) is 25.7 Å². The first-order valence-electron chi connectivity index (χ1n) is 8.11. The molecule has 0 atom stereocenters. The summed E-state index contributed by atoms with van der Waals surface area (Å²) >= 11 is 0. The van der Waals surface area contributed by atoms with Crippen LogP contribution in [0.15, 0.2) is 18.2 Å². The van der Waals surface area contributed by atoms with Crippen LogP contribution in [-0.4, -0.2) is 17.9 Å². The van der Waals surface area contributed by atoms with Crippen LogP contribution in [0.5, 0.6) is 11.5 Å². The van der Waals surface area contributed by atoms with E-state index in [9.17, 15) is 4.79 Å². The standard InChI is InChI=1S/C17H24N2O3/c1-17(2)21-14-10-9-13(11-15(14)22-17)19-16(20)18-12-7-5-3-4-6-8-12/h9-12H,3-8H2,1-2H3,(H2,18,19,20). The fraction of sp³-hybridized carbons (Fsp3) is 0.588. The number of hydrogen-bond acceptors (Lipinski definition) is 3. The minimum atomic E-state index is -0.649. The van der Waals surface area contributed by atoms with E-state index in [0.29, 0.717) is 17.2 Å². The molecule has 1 aromatic carbocycles. The zero-order valence-corrected chi connectivity index (χ0v) is 13.3. The lowest BCUT2D eigenvalue weighted by molar-refractivity contribution is -0.0431. The van der Waals surface area contributed by atoms with E-state index in [1.165, 1.54) is 25.7 Å². The smallest absolute Gasteiger partial charge is 0.319 e. The molecule has 1 aromatic rings. The van der Waals surface area contributed by atoms with E-state index >= 15 is 0 Å². The summed E-state index contributed by atoms with van der Waals surface area (Å²) < 4.78 is 11.3. The molecule has 0 radical (unpaired) electrons. The second-order valence-corrected chi connectivity index (χ2v) is 6.55. The zero-order valence-electron chi connectivity index (χ0n) is 13.3. The number of carbonyl (C=O) groups excluding carboxylic acids is 1. The van der Waals surface area contributed by atoms with Crippen molar-refractivity contribution < 1.29 is 14.3 Å². The molecule has 2 N–H and O–H groups in total. The zero-order chi connectivity index (χ0) is 15.6. The summed E-state index contributed by atoms with van der Waals surface area (Å²) in [5, 5.41) is 5.95. The van der Waals surface area contributed by atoms with Crippen LogP contribution >= 0.6 is 0 Å². The van der Waals surface area contributed by atoms with Gasteiger partial charge in [-0.25, -0.2) is 4.79 Å². The number of urea groups is 1. The van der Waals surface area contributed by atoms with Crippen molar-refractivity contribution in [1.29, 1.82) is 0 Å². The summed E-state index contributed by atoms with van der Waals surface area (Å²) in [4.78, 5) is 12.1. The van der Waals surface area contributed by atoms with Crippen molar-refractivity contribution in [3.05, 3.63) is 18.2 Å². The molecule has 1 aliphatic heterocycles. The molecule has 3 rings (SSSR count). The molecule has 2 amide bonds. The monoisotopic (exact) mass is 304 g/mol. The van der Waals surface area contributed by atoms with Crippen molar-refractivity contribution in [2.45, 2.75) is 64.2 Å². The minimum Gasteiger partial charge on any atom is -0.449 e. The summed E-state index contributed by atoms with van der Waals surface area (Å²) in [7, 11) is 0. The molecule has 1 heterocycles. The summed E-state index contributed by atoms with van der Waals surface area (Å²) in [5.41, 5.74) is 0.714. The van der Waals surface area contributed by atoms with Crippen LogP contribution in [0.1, 0.15) is 52.4 Å². The largest absolute Gasteiger partial charge is 0.449 e. The molecular weight excluding hydrogens is 280 g/mol. The summed E-state index contributed by atoms with van der Waals surface area (Å²) in [6.45, 7) is 3.72. The van der Waals surface area contributed by atoms with Crippen LogP contribution in [0.3, 0.4) is 0 Å². The van der Waals surface area contributed by atoms with E-state index in [1.807, 2.05) is 26.0 Å². The first kappa shape index (κ1) is 15.0. The summed E-state index contributed by atoms with van der Waals surface area (Å²) in [6, 6.07) is 5.60. The third-order valence-corrected chi connectivity index (χ3v) is 4.10. The Hall–Kier alpha value is -1.91. The van der Waals surface area contributed by atoms with Gasteiger partial charge in [0.2, 0.25) is 5.79 Å². The number of amides is 2. The molecule has 1 saturated carbocycles. The SMILES string of the molecule is CC1(C)Oc2ccc(NC(=O)NC3CCCCCC3)cc2O1. The fourth-order valence-electron chi connectivity index (χ4n) is 3.08. The van der Waals surface area contributed by atoms with E-state index in [0.717, 1.165) is 12.8 Å². The highest BCUT2D eigenvalue weighted by atomic mass is 16.7. The summed E-state index contributed by atoms with van der Waals surface area (Å²) in [5.74, 6) is 0.723. The molecule has 0 aromatic heterocycles. The van der Waals surface area contributed by atoms with E-state index < -0.39 is 5.79 Å². The molecule has 22 heavy (non-hydrogen) atoms. The van der Waals surface area contributed by atoms with Gasteiger partial charge < -0.3 is 20.1 Å². The van der Waals surface area contributed by atoms with Crippen molar-refractivity contribution in [2.75, 3.05) is 5.32 Å². The Bertz CT molecular complexity index is 549. The average Bonchev–Trinajstić information content (AvgIpc) is 2.61. The van der Waals surface area contributed by atoms with Crippen LogP contribution in [0, 0.1) is 0 Å². The molecule has 5 heteroatoms. The van der Waals surface area contributed by atoms with Gasteiger partial charge in [-0.05, 0) is 25.0 Å². The Labute approximate surface area is 131 Å². The molecule has 1 fully saturated rings. The van der Waals surface area contributed by atoms with Crippen LogP contribution in [-0.2, 0) is 0 Å². The number of rotatable bonds is 2. The van der Waals surface area contributed by atoms with E-state index in [-0.39, 0.29) is 12.1 Å². The van der Waals surface area contributed by atoms with Gasteiger partial charge in [-0.2, -0.15) is 0 Å². The van der Waals surface area contributed by atoms with E-state index in [1.54, 1.807) is 6.07 Å². The Morgan fingerprint density at radius 2 is 1.77 bits per heavy atom. The first-order valence-corrected chi connectivity index (χ1v) is 8.11. The molecule has 2 aliphatic rings. The number of ether oxygens (including phenoxy) is 2. The van der Waals surface area contributed by atoms with Gasteiger partial charge >= 0.3 is 6.03 Å². The third kappa shape index (κ3) is 3.64. The Morgan fingerprint density at radius 3 is 2.50 bits per heavy atom. The molecular formula is C17H24N2O3. The number of carbonyl (C=O) groups is 1. The lowest BCUT2D eigenvalue weighted by Gasteiger charge is -2.17. The Kier molecular flexibility index (Phi) is 4.14. The highest BCUT2D eigenvalue weighted by Gasteiger charge is 2.31. The minimum absolute atomic E-state index is 0.148. The number of fused-ring (bicyclic) bond motifs is 1. The van der Waals surface area contributed by atoms with Crippen molar-refractivity contribution in [3.8, 4) is 11.5 Å². The van der Waals surface area contributed by atoms with Gasteiger partial charge in [0.25, 0.3) is 0 Å². The van der Waals surface area contributed by atoms with Crippen molar-refractivity contribution in [3.63, 3.8) is 0 Å². The number of nitrogens with one attached hydrogen (secondary N) is 2. The molecule has 120 valence electrons. The van der Waals surface area contributed by atoms with Crippen LogP contribution in [0.2, 0.25) is 0 Å². The van der Waals surface area contributed by atoms with Crippen molar-refractivity contribution in [1.82, 2.24) is 5.32 Å². The Balaban J connectivity index is 1.58. The second-order valence-electron chi connectivity index (χ2n) is 6.55. The normalized spacial score (nSPS) is 20.3. The summed E-state index contributed by atoms with van der Waals surface area (Å²) in [6.07, 6.45) is 7.09. The van der Waals surface area contributed by atoms with Crippen LogP contribution in [0.4, 0.5) is 10.5 Å². The molecule has 1 aliphatic carbocycles. The van der Waals surface area contributed by atoms with Crippen molar-refractivity contribution >= 4 is 11.7 Å². The third-order valence-electron chi connectivity index (χ3n) is 4.10. The van der Waals surface area contributed by atoms with E-state index in [4.69, 9.17) is 9.47 Å². The first-order chi connectivity index (χ1) is 10.5. The lowest BCUT2D eigenvalue weighted by atomic mass is 10.1. The molecule has 0 bridgehead atoms. The fourth-order valence-corrected chi connectivity index (χ4v) is 3.08. The van der Waals surface area contributed by atoms with Gasteiger partial charge in [0.15, 0.2) is 11.5 Å². The maximum absolute atomic E-state index is 12.1. The highest BCUT2D eigenvalue weighted by Crippen LogP contribution is 2.40. The number of benzene rings is 1. The highest BCUT2D eigenvalue weighted by molar-refractivity contribution is 5.89. The predicted molar refractivity (Wildman–Crippen MR) is 85.4 cm³/mol. The van der Waals surface area contributed by atoms with Crippen LogP contribution < -0.4 is 20.1 Å². The van der Waals surface area contributed by atoms with Gasteiger partial charge in [0, 0.05) is 31.6 Å². The predicted octanol–water partition coefficient (Wildman–Crippen LogP) is 4.04. The number of hydrogen-bond donors (Lipinski definition) is 2. The Morgan fingerprint density at radius 1 is 1.09 bits per heavy atom. The molecule has 0 saturated heterocycles. The van der Waals surface area contributed by atoms with Crippen LogP contribution in [0.25, 0.3) is 0 Å². The van der Waals surface area contributed by atoms with Crippen molar-refractivity contribution in [2.24, 2.45) is 0 Å². The lowest BCUT2D eigenvalue weighted by Crippen LogP contribution is -2.37. The maximum Gasteiger partial charge on any atom is 0.319 e. The van der Waals surface area contributed by atoms with Gasteiger partial charge in [0.1, 0.15) is 0 Å². The maximum atomic E-state index is 12.1. The second kappa shape index (κ2) is 6.07. The molecule has 5 nitrogen and oxygen atoms in total. The topological polar surface area (TPSA) is 59.6 Å². The molecule has 0 unspecified atom stereocenters. The quantitative estimate of drug-likeness (QED) is 0.811. The number of anilines is 1.